The van der Waals surface area contributed by atoms with Gasteiger partial charge < -0.3 is 13.4 Å². The second-order valence-corrected chi connectivity index (χ2v) is 16.0. The fourth-order valence-corrected chi connectivity index (χ4v) is 9.83. The first-order valence-corrected chi connectivity index (χ1v) is 20.8. The third-order valence-electron chi connectivity index (χ3n) is 12.5. The second-order valence-electron chi connectivity index (χ2n) is 16.0. The monoisotopic (exact) mass is 793 g/mol. The Balaban J connectivity index is 1.11. The van der Waals surface area contributed by atoms with Crippen molar-refractivity contribution < 1.29 is 8.83 Å². The largest absolute Gasteiger partial charge is 0.456 e. The quantitative estimate of drug-likeness (QED) is 0.177. The Morgan fingerprint density at radius 1 is 0.355 bits per heavy atom. The lowest BCUT2D eigenvalue weighted by Gasteiger charge is -2.14. The van der Waals surface area contributed by atoms with Gasteiger partial charge in [-0.05, 0) is 71.4 Å². The number of rotatable bonds is 4. The molecule has 14 aromatic rings. The van der Waals surface area contributed by atoms with Crippen molar-refractivity contribution in [1.82, 2.24) is 24.1 Å². The van der Waals surface area contributed by atoms with Gasteiger partial charge in [-0.25, -0.2) is 4.98 Å². The summed E-state index contributed by atoms with van der Waals surface area (Å²) in [6.07, 6.45) is 0. The molecule has 0 atom stereocenters. The molecule has 0 aliphatic rings. The van der Waals surface area contributed by atoms with Crippen molar-refractivity contribution in [3.05, 3.63) is 188 Å². The summed E-state index contributed by atoms with van der Waals surface area (Å²) in [5.74, 6) is 1.52. The second kappa shape index (κ2) is 12.5. The van der Waals surface area contributed by atoms with E-state index in [-0.39, 0.29) is 0 Å². The van der Waals surface area contributed by atoms with Crippen molar-refractivity contribution in [2.75, 3.05) is 0 Å². The van der Waals surface area contributed by atoms with Crippen LogP contribution < -0.4 is 0 Å². The third-order valence-corrected chi connectivity index (χ3v) is 12.5. The van der Waals surface area contributed by atoms with E-state index in [1.165, 1.54) is 21.5 Å². The van der Waals surface area contributed by atoms with Crippen LogP contribution in [0.25, 0.3) is 133 Å². The molecule has 0 aliphatic carbocycles. The minimum atomic E-state index is 0.505. The number of furan rings is 2. The van der Waals surface area contributed by atoms with Gasteiger partial charge in [0.1, 0.15) is 22.3 Å². The number of benzene rings is 9. The topological polar surface area (TPSA) is 74.8 Å². The Bertz CT molecular complexity index is 4130. The average Bonchev–Trinajstić information content (AvgIpc) is 4.08. The van der Waals surface area contributed by atoms with Crippen molar-refractivity contribution in [1.29, 1.82) is 0 Å². The highest BCUT2D eigenvalue weighted by atomic mass is 16.3. The molecule has 0 saturated heterocycles. The standard InChI is InChI=1S/C55H31N5O2/c1-2-15-33-29-46-42(28-32(33)14-1)37-18-5-8-23-43(37)59(46)47-30-34(31-50-51(47)40-20-7-12-27-49(40)61-50)53-56-54(41-22-13-21-39-38-19-6-11-26-48(38)62-52(39)41)58-55(57-53)60-44-24-9-3-16-35(44)36-17-4-10-25-45(36)60/h1-31H. The van der Waals surface area contributed by atoms with Gasteiger partial charge in [-0.15, -0.1) is 0 Å². The highest BCUT2D eigenvalue weighted by Crippen LogP contribution is 2.43. The van der Waals surface area contributed by atoms with Gasteiger partial charge in [0.25, 0.3) is 0 Å². The Kier molecular flexibility index (Phi) is 6.71. The first-order chi connectivity index (χ1) is 30.7. The molecular formula is C55H31N5O2. The van der Waals surface area contributed by atoms with Gasteiger partial charge in [-0.3, -0.25) is 4.57 Å². The average molecular weight is 794 g/mol. The Morgan fingerprint density at radius 2 is 0.919 bits per heavy atom. The lowest BCUT2D eigenvalue weighted by atomic mass is 10.1. The maximum absolute atomic E-state index is 6.77. The van der Waals surface area contributed by atoms with Gasteiger partial charge >= 0.3 is 0 Å². The van der Waals surface area contributed by atoms with Gasteiger partial charge in [-0.2, -0.15) is 9.97 Å². The zero-order valence-corrected chi connectivity index (χ0v) is 33.0. The molecule has 5 aromatic heterocycles. The van der Waals surface area contributed by atoms with Crippen LogP contribution in [-0.4, -0.2) is 24.1 Å². The minimum absolute atomic E-state index is 0.505. The van der Waals surface area contributed by atoms with Crippen LogP contribution in [0.15, 0.2) is 197 Å². The molecule has 0 N–H and O–H groups in total. The summed E-state index contributed by atoms with van der Waals surface area (Å²) >= 11 is 0. The van der Waals surface area contributed by atoms with Crippen LogP contribution in [0, 0.1) is 0 Å². The lowest BCUT2D eigenvalue weighted by molar-refractivity contribution is 0.668. The predicted octanol–water partition coefficient (Wildman–Crippen LogP) is 14.4. The van der Waals surface area contributed by atoms with E-state index >= 15 is 0 Å². The van der Waals surface area contributed by atoms with E-state index < -0.39 is 0 Å². The van der Waals surface area contributed by atoms with Gasteiger partial charge in [0.15, 0.2) is 11.6 Å². The summed E-state index contributed by atoms with van der Waals surface area (Å²) in [6, 6.07) is 65.6. The zero-order valence-electron chi connectivity index (χ0n) is 33.0. The van der Waals surface area contributed by atoms with Crippen molar-refractivity contribution in [2.24, 2.45) is 0 Å². The van der Waals surface area contributed by atoms with Crippen LogP contribution >= 0.6 is 0 Å². The molecule has 0 fully saturated rings. The lowest BCUT2D eigenvalue weighted by Crippen LogP contribution is -2.07. The third kappa shape index (κ3) is 4.67. The molecule has 0 amide bonds. The van der Waals surface area contributed by atoms with E-state index in [9.17, 15) is 0 Å². The summed E-state index contributed by atoms with van der Waals surface area (Å²) < 4.78 is 17.9. The molecular weight excluding hydrogens is 763 g/mol. The summed E-state index contributed by atoms with van der Waals surface area (Å²) in [7, 11) is 0. The number of aromatic nitrogens is 5. The van der Waals surface area contributed by atoms with Crippen LogP contribution in [0.4, 0.5) is 0 Å². The molecule has 7 heteroatoms. The molecule has 7 nitrogen and oxygen atoms in total. The van der Waals surface area contributed by atoms with E-state index in [1.807, 2.05) is 42.5 Å². The van der Waals surface area contributed by atoms with Crippen LogP contribution in [0.3, 0.4) is 0 Å². The fourth-order valence-electron chi connectivity index (χ4n) is 9.83. The first-order valence-electron chi connectivity index (χ1n) is 20.8. The maximum Gasteiger partial charge on any atom is 0.238 e. The molecule has 288 valence electrons. The molecule has 0 saturated carbocycles. The number of hydrogen-bond donors (Lipinski definition) is 0. The van der Waals surface area contributed by atoms with Crippen LogP contribution in [0.2, 0.25) is 0 Å². The number of fused-ring (bicyclic) bond motifs is 13. The Hall–Kier alpha value is -8.55. The smallest absolute Gasteiger partial charge is 0.238 e. The molecule has 62 heavy (non-hydrogen) atoms. The van der Waals surface area contributed by atoms with Crippen molar-refractivity contribution in [2.45, 2.75) is 0 Å². The van der Waals surface area contributed by atoms with Gasteiger partial charge in [0.2, 0.25) is 5.95 Å². The summed E-state index contributed by atoms with van der Waals surface area (Å²) in [6.45, 7) is 0. The number of hydrogen-bond acceptors (Lipinski definition) is 5. The molecule has 9 aromatic carbocycles. The number of para-hydroxylation sites is 6. The first kappa shape index (κ1) is 33.3. The highest BCUT2D eigenvalue weighted by Gasteiger charge is 2.24. The highest BCUT2D eigenvalue weighted by molar-refractivity contribution is 6.17. The van der Waals surface area contributed by atoms with Gasteiger partial charge in [0.05, 0.1) is 38.7 Å². The maximum atomic E-state index is 6.77. The molecule has 0 aliphatic heterocycles. The molecule has 0 radical (unpaired) electrons. The Morgan fingerprint density at radius 3 is 1.66 bits per heavy atom. The van der Waals surface area contributed by atoms with Crippen LogP contribution in [-0.2, 0) is 0 Å². The summed E-state index contributed by atoms with van der Waals surface area (Å²) in [5, 5.41) is 11.1. The Labute approximate surface area is 352 Å². The van der Waals surface area contributed by atoms with E-state index in [2.05, 4.69) is 155 Å². The van der Waals surface area contributed by atoms with E-state index in [0.29, 0.717) is 17.6 Å². The summed E-state index contributed by atoms with van der Waals surface area (Å²) in [5.41, 5.74) is 9.85. The van der Waals surface area contributed by atoms with E-state index in [4.69, 9.17) is 23.8 Å². The van der Waals surface area contributed by atoms with Crippen LogP contribution in [0.5, 0.6) is 0 Å². The normalized spacial score (nSPS) is 12.2. The van der Waals surface area contributed by atoms with Gasteiger partial charge in [0, 0.05) is 43.3 Å². The molecule has 0 unspecified atom stereocenters. The number of nitrogens with zero attached hydrogens (tertiary/aromatic N) is 5. The fraction of sp³-hybridized carbons (Fsp3) is 0. The summed E-state index contributed by atoms with van der Waals surface area (Å²) in [4.78, 5) is 16.1. The molecule has 5 heterocycles. The van der Waals surface area contributed by atoms with Crippen molar-refractivity contribution >= 4 is 98.3 Å². The van der Waals surface area contributed by atoms with Crippen molar-refractivity contribution in [3.63, 3.8) is 0 Å². The molecule has 0 bridgehead atoms. The van der Waals surface area contributed by atoms with E-state index in [0.717, 1.165) is 93.5 Å². The molecule has 0 spiro atoms. The van der Waals surface area contributed by atoms with Crippen LogP contribution in [0.1, 0.15) is 0 Å². The van der Waals surface area contributed by atoms with Crippen molar-refractivity contribution in [3.8, 4) is 34.4 Å². The minimum Gasteiger partial charge on any atom is -0.456 e. The van der Waals surface area contributed by atoms with E-state index in [1.54, 1.807) is 0 Å². The SMILES string of the molecule is c1ccc2cc3c(cc2c1)c1ccccc1n3-c1cc(-c2nc(-c3cccc4c3oc3ccccc34)nc(-n3c4ccccc4c4ccccc43)n2)cc2oc3ccccc3c12. The zero-order chi connectivity index (χ0) is 40.5. The predicted molar refractivity (Wildman–Crippen MR) is 251 cm³/mol. The van der Waals surface area contributed by atoms with Gasteiger partial charge in [-0.1, -0.05) is 127 Å². The molecule has 14 rings (SSSR count).